The minimum atomic E-state index is -0.203. The van der Waals surface area contributed by atoms with Gasteiger partial charge in [-0.3, -0.25) is 9.59 Å². The van der Waals surface area contributed by atoms with Crippen molar-refractivity contribution in [3.05, 3.63) is 86.5 Å². The van der Waals surface area contributed by atoms with Crippen LogP contribution in [0.1, 0.15) is 27.2 Å². The molecular weight excluding hydrogens is 436 g/mol. The zero-order chi connectivity index (χ0) is 19.8. The van der Waals surface area contributed by atoms with E-state index in [-0.39, 0.29) is 24.8 Å². The molecule has 2 N–H and O–H groups in total. The van der Waals surface area contributed by atoms with Gasteiger partial charge in [-0.2, -0.15) is 0 Å². The minimum Gasteiger partial charge on any atom is -0.352 e. The lowest BCUT2D eigenvalue weighted by atomic mass is 10.2. The molecule has 0 saturated heterocycles. The number of thiophene rings is 1. The van der Waals surface area contributed by atoms with E-state index in [9.17, 15) is 9.59 Å². The Kier molecular flexibility index (Phi) is 7.01. The fraction of sp³-hybridized carbons (Fsp3) is 0.0909. The lowest BCUT2D eigenvalue weighted by Gasteiger charge is -2.07. The van der Waals surface area contributed by atoms with Gasteiger partial charge in [0.1, 0.15) is 0 Å². The number of hydrogen-bond donors (Lipinski definition) is 2. The van der Waals surface area contributed by atoms with E-state index in [0.29, 0.717) is 11.3 Å². The van der Waals surface area contributed by atoms with Gasteiger partial charge in [-0.15, -0.1) is 11.3 Å². The number of anilines is 1. The molecule has 3 aromatic rings. The largest absolute Gasteiger partial charge is 0.352 e. The van der Waals surface area contributed by atoms with E-state index < -0.39 is 0 Å². The van der Waals surface area contributed by atoms with Crippen LogP contribution < -0.4 is 10.6 Å². The zero-order valence-electron chi connectivity index (χ0n) is 14.9. The molecule has 0 fully saturated rings. The highest BCUT2D eigenvalue weighted by Crippen LogP contribution is 2.12. The molecule has 0 unspecified atom stereocenters. The van der Waals surface area contributed by atoms with Crippen molar-refractivity contribution in [1.82, 2.24) is 5.32 Å². The highest BCUT2D eigenvalue weighted by Gasteiger charge is 2.07. The molecule has 140 valence electrons. The summed E-state index contributed by atoms with van der Waals surface area (Å²) in [5.74, 6) is 5.81. The first-order chi connectivity index (χ1) is 13.6. The molecule has 0 spiro atoms. The summed E-state index contributed by atoms with van der Waals surface area (Å²) in [4.78, 5) is 25.2. The maximum Gasteiger partial charge on any atom is 0.251 e. The molecule has 0 atom stereocenters. The molecule has 1 heterocycles. The lowest BCUT2D eigenvalue weighted by Crippen LogP contribution is -2.27. The van der Waals surface area contributed by atoms with Crippen molar-refractivity contribution in [2.45, 2.75) is 6.42 Å². The van der Waals surface area contributed by atoms with Crippen molar-refractivity contribution in [3.8, 4) is 11.8 Å². The number of carbonyl (C=O) groups is 2. The quantitative estimate of drug-likeness (QED) is 0.552. The van der Waals surface area contributed by atoms with Gasteiger partial charge in [0, 0.05) is 34.3 Å². The molecule has 3 rings (SSSR count). The average molecular weight is 453 g/mol. The lowest BCUT2D eigenvalue weighted by molar-refractivity contribution is -0.116. The average Bonchev–Trinajstić information content (AvgIpc) is 3.21. The first-order valence-electron chi connectivity index (χ1n) is 8.59. The van der Waals surface area contributed by atoms with Crippen LogP contribution in [-0.2, 0) is 4.79 Å². The van der Waals surface area contributed by atoms with Crippen LogP contribution in [0.2, 0.25) is 0 Å². The molecule has 0 saturated carbocycles. The Balaban J connectivity index is 1.49. The second kappa shape index (κ2) is 9.88. The van der Waals surface area contributed by atoms with E-state index >= 15 is 0 Å². The predicted octanol–water partition coefficient (Wildman–Crippen LogP) is 4.67. The maximum atomic E-state index is 12.1. The molecule has 0 aliphatic heterocycles. The highest BCUT2D eigenvalue weighted by atomic mass is 79.9. The fourth-order valence-corrected chi connectivity index (χ4v) is 3.21. The van der Waals surface area contributed by atoms with Crippen LogP contribution in [0.3, 0.4) is 0 Å². The van der Waals surface area contributed by atoms with Crippen molar-refractivity contribution in [2.24, 2.45) is 0 Å². The van der Waals surface area contributed by atoms with Gasteiger partial charge in [0.25, 0.3) is 5.91 Å². The van der Waals surface area contributed by atoms with Crippen LogP contribution in [0.25, 0.3) is 0 Å². The van der Waals surface area contributed by atoms with Gasteiger partial charge in [-0.05, 0) is 53.9 Å². The first-order valence-corrected chi connectivity index (χ1v) is 10.3. The van der Waals surface area contributed by atoms with Crippen molar-refractivity contribution >= 4 is 44.8 Å². The van der Waals surface area contributed by atoms with Crippen LogP contribution in [0, 0.1) is 11.8 Å². The van der Waals surface area contributed by atoms with Gasteiger partial charge in [-0.1, -0.05) is 39.9 Å². The Morgan fingerprint density at radius 1 is 1.00 bits per heavy atom. The maximum absolute atomic E-state index is 12.1. The number of nitrogens with one attached hydrogen (secondary N) is 2. The third-order valence-electron chi connectivity index (χ3n) is 3.74. The van der Waals surface area contributed by atoms with Gasteiger partial charge in [0.15, 0.2) is 0 Å². The molecule has 4 nitrogen and oxygen atoms in total. The second-order valence-electron chi connectivity index (χ2n) is 5.87. The van der Waals surface area contributed by atoms with E-state index in [1.54, 1.807) is 35.6 Å². The van der Waals surface area contributed by atoms with Crippen molar-refractivity contribution < 1.29 is 9.59 Å². The molecule has 6 heteroatoms. The summed E-state index contributed by atoms with van der Waals surface area (Å²) in [7, 11) is 0. The summed E-state index contributed by atoms with van der Waals surface area (Å²) in [6.07, 6.45) is 0.188. The molecule has 28 heavy (non-hydrogen) atoms. The number of amides is 2. The Morgan fingerprint density at radius 2 is 1.82 bits per heavy atom. The smallest absolute Gasteiger partial charge is 0.251 e. The van der Waals surface area contributed by atoms with Gasteiger partial charge < -0.3 is 10.6 Å². The standard InChI is InChI=1S/C22H17BrN2O2S/c23-18-9-7-17(8-10-18)22(27)24-13-12-21(26)25-19-4-1-3-16(15-19)6-11-20-5-2-14-28-20/h1-5,7-10,14-15H,12-13H2,(H,24,27)(H,25,26). The van der Waals surface area contributed by atoms with Crippen LogP contribution in [-0.4, -0.2) is 18.4 Å². The van der Waals surface area contributed by atoms with E-state index in [0.717, 1.165) is 14.9 Å². The van der Waals surface area contributed by atoms with E-state index in [4.69, 9.17) is 0 Å². The summed E-state index contributed by atoms with van der Waals surface area (Å²) < 4.78 is 0.908. The summed E-state index contributed by atoms with van der Waals surface area (Å²) in [5.41, 5.74) is 2.07. The van der Waals surface area contributed by atoms with Crippen molar-refractivity contribution in [1.29, 1.82) is 0 Å². The van der Waals surface area contributed by atoms with Gasteiger partial charge in [0.2, 0.25) is 5.91 Å². The number of benzene rings is 2. The zero-order valence-corrected chi connectivity index (χ0v) is 17.3. The third kappa shape index (κ3) is 6.08. The molecule has 1 aromatic heterocycles. The van der Waals surface area contributed by atoms with Crippen LogP contribution in [0.5, 0.6) is 0 Å². The molecule has 0 bridgehead atoms. The normalized spacial score (nSPS) is 9.89. The third-order valence-corrected chi connectivity index (χ3v) is 5.06. The topological polar surface area (TPSA) is 58.2 Å². The van der Waals surface area contributed by atoms with Crippen LogP contribution in [0.15, 0.2) is 70.5 Å². The predicted molar refractivity (Wildman–Crippen MR) is 116 cm³/mol. The SMILES string of the molecule is O=C(CCNC(=O)c1ccc(Br)cc1)Nc1cccc(C#Cc2cccs2)c1. The van der Waals surface area contributed by atoms with E-state index in [2.05, 4.69) is 38.4 Å². The van der Waals surface area contributed by atoms with Crippen molar-refractivity contribution in [3.63, 3.8) is 0 Å². The highest BCUT2D eigenvalue weighted by molar-refractivity contribution is 9.10. The summed E-state index contributed by atoms with van der Waals surface area (Å²) >= 11 is 4.92. The fourth-order valence-electron chi connectivity index (χ4n) is 2.37. The molecule has 2 amide bonds. The Morgan fingerprint density at radius 3 is 2.57 bits per heavy atom. The minimum absolute atomic E-state index is 0.167. The summed E-state index contributed by atoms with van der Waals surface area (Å²) in [6, 6.07) is 18.4. The molecular formula is C22H17BrN2O2S. The Labute approximate surface area is 176 Å². The van der Waals surface area contributed by atoms with E-state index in [1.807, 2.05) is 41.8 Å². The number of hydrogen-bond acceptors (Lipinski definition) is 3. The monoisotopic (exact) mass is 452 g/mol. The Bertz CT molecular complexity index is 1020. The summed E-state index contributed by atoms with van der Waals surface area (Å²) in [6.45, 7) is 0.263. The second-order valence-corrected chi connectivity index (χ2v) is 7.73. The first kappa shape index (κ1) is 19.9. The van der Waals surface area contributed by atoms with Gasteiger partial charge >= 0.3 is 0 Å². The number of rotatable bonds is 5. The molecule has 2 aromatic carbocycles. The number of carbonyl (C=O) groups excluding carboxylic acids is 2. The van der Waals surface area contributed by atoms with Gasteiger partial charge in [-0.25, -0.2) is 0 Å². The summed E-state index contributed by atoms with van der Waals surface area (Å²) in [5, 5.41) is 7.56. The molecule has 0 radical (unpaired) electrons. The molecule has 0 aliphatic carbocycles. The number of halogens is 1. The van der Waals surface area contributed by atoms with Crippen LogP contribution >= 0.6 is 27.3 Å². The molecule has 0 aliphatic rings. The Hall–Kier alpha value is -2.88. The van der Waals surface area contributed by atoms with Gasteiger partial charge in [0.05, 0.1) is 4.88 Å². The van der Waals surface area contributed by atoms with Crippen molar-refractivity contribution in [2.75, 3.05) is 11.9 Å². The van der Waals surface area contributed by atoms with Crippen LogP contribution in [0.4, 0.5) is 5.69 Å². The van der Waals surface area contributed by atoms with E-state index in [1.165, 1.54) is 0 Å².